The molecule has 4 heteroatoms. The molecule has 1 heterocycles. The zero-order valence-electron chi connectivity index (χ0n) is 11.7. The third-order valence-corrected chi connectivity index (χ3v) is 4.90. The summed E-state index contributed by atoms with van der Waals surface area (Å²) in [6.45, 7) is 4.99. The van der Waals surface area contributed by atoms with Crippen molar-refractivity contribution in [1.82, 2.24) is 5.32 Å². The topological polar surface area (TPSA) is 38.3 Å². The van der Waals surface area contributed by atoms with Crippen LogP contribution in [0.25, 0.3) is 0 Å². The van der Waals surface area contributed by atoms with Crippen molar-refractivity contribution in [3.63, 3.8) is 0 Å². The Bertz CT molecular complexity index is 419. The van der Waals surface area contributed by atoms with Crippen LogP contribution < -0.4 is 10.1 Å². The molecule has 0 amide bonds. The van der Waals surface area contributed by atoms with E-state index in [0.717, 1.165) is 31.0 Å². The normalized spacial score (nSPS) is 27.2. The van der Waals surface area contributed by atoms with Gasteiger partial charge < -0.3 is 10.1 Å². The van der Waals surface area contributed by atoms with Crippen LogP contribution in [0.4, 0.5) is 0 Å². The molecular weight excluding hydrogens is 258 g/mol. The molecule has 19 heavy (non-hydrogen) atoms. The predicted molar refractivity (Wildman–Crippen MR) is 80.1 cm³/mol. The summed E-state index contributed by atoms with van der Waals surface area (Å²) in [5.41, 5.74) is 1.20. The molecule has 0 bridgehead atoms. The smallest absolute Gasteiger partial charge is 0.119 e. The van der Waals surface area contributed by atoms with Crippen molar-refractivity contribution in [2.45, 2.75) is 38.8 Å². The lowest BCUT2D eigenvalue weighted by atomic mass is 10.1. The van der Waals surface area contributed by atoms with Gasteiger partial charge in [0.25, 0.3) is 0 Å². The molecule has 1 aliphatic rings. The molecule has 1 aromatic rings. The molecule has 0 aromatic heterocycles. The van der Waals surface area contributed by atoms with Gasteiger partial charge in [0.15, 0.2) is 0 Å². The molecule has 0 spiro atoms. The minimum Gasteiger partial charge on any atom is -0.494 e. The van der Waals surface area contributed by atoms with Crippen LogP contribution in [-0.4, -0.2) is 28.4 Å². The van der Waals surface area contributed by atoms with Crippen molar-refractivity contribution in [3.8, 4) is 5.75 Å². The second-order valence-electron chi connectivity index (χ2n) is 5.02. The summed E-state index contributed by atoms with van der Waals surface area (Å²) < 4.78 is 17.5. The number of rotatable bonds is 5. The third-order valence-electron chi connectivity index (χ3n) is 3.42. The first-order valence-corrected chi connectivity index (χ1v) is 8.55. The van der Waals surface area contributed by atoms with Crippen LogP contribution in [0, 0.1) is 0 Å². The van der Waals surface area contributed by atoms with E-state index in [2.05, 4.69) is 31.3 Å². The zero-order valence-corrected chi connectivity index (χ0v) is 12.5. The first-order chi connectivity index (χ1) is 9.22. The van der Waals surface area contributed by atoms with Crippen molar-refractivity contribution in [1.29, 1.82) is 0 Å². The SMILES string of the molecule is CCCOc1ccc(C2CS(=O)CC(CC)N2)cc1. The molecule has 0 aliphatic carbocycles. The first kappa shape index (κ1) is 14.5. The fourth-order valence-electron chi connectivity index (χ4n) is 2.30. The summed E-state index contributed by atoms with van der Waals surface area (Å²) in [6.07, 6.45) is 2.04. The van der Waals surface area contributed by atoms with Crippen LogP contribution >= 0.6 is 0 Å². The molecule has 1 fully saturated rings. The summed E-state index contributed by atoms with van der Waals surface area (Å²) in [5, 5.41) is 3.58. The molecule has 1 aliphatic heterocycles. The van der Waals surface area contributed by atoms with E-state index in [1.54, 1.807) is 0 Å². The van der Waals surface area contributed by atoms with Gasteiger partial charge in [0.1, 0.15) is 5.75 Å². The lowest BCUT2D eigenvalue weighted by molar-refractivity contribution is 0.317. The van der Waals surface area contributed by atoms with Gasteiger partial charge in [-0.25, -0.2) is 0 Å². The van der Waals surface area contributed by atoms with E-state index in [-0.39, 0.29) is 6.04 Å². The maximum atomic E-state index is 11.9. The van der Waals surface area contributed by atoms with Gasteiger partial charge in [0, 0.05) is 34.4 Å². The molecule has 3 nitrogen and oxygen atoms in total. The van der Waals surface area contributed by atoms with Gasteiger partial charge in [0.2, 0.25) is 0 Å². The molecule has 1 aromatic carbocycles. The zero-order chi connectivity index (χ0) is 13.7. The van der Waals surface area contributed by atoms with Gasteiger partial charge in [-0.3, -0.25) is 4.21 Å². The van der Waals surface area contributed by atoms with Crippen molar-refractivity contribution in [2.75, 3.05) is 18.1 Å². The molecule has 3 atom stereocenters. The molecule has 3 unspecified atom stereocenters. The van der Waals surface area contributed by atoms with E-state index in [0.29, 0.717) is 11.8 Å². The van der Waals surface area contributed by atoms with Gasteiger partial charge >= 0.3 is 0 Å². The minimum absolute atomic E-state index is 0.208. The summed E-state index contributed by atoms with van der Waals surface area (Å²) in [7, 11) is -0.705. The molecule has 0 saturated carbocycles. The monoisotopic (exact) mass is 281 g/mol. The number of nitrogens with one attached hydrogen (secondary N) is 1. The lowest BCUT2D eigenvalue weighted by Gasteiger charge is -2.30. The Labute approximate surface area is 118 Å². The minimum atomic E-state index is -0.705. The largest absolute Gasteiger partial charge is 0.494 e. The Kier molecular flexibility index (Phi) is 5.40. The Hall–Kier alpha value is -0.870. The average molecular weight is 281 g/mol. The van der Waals surface area contributed by atoms with Crippen LogP contribution in [-0.2, 0) is 10.8 Å². The highest BCUT2D eigenvalue weighted by Crippen LogP contribution is 2.22. The van der Waals surface area contributed by atoms with Crippen LogP contribution in [0.15, 0.2) is 24.3 Å². The average Bonchev–Trinajstić information content (AvgIpc) is 2.45. The lowest BCUT2D eigenvalue weighted by Crippen LogP contribution is -2.44. The van der Waals surface area contributed by atoms with E-state index >= 15 is 0 Å². The second kappa shape index (κ2) is 7.06. The number of hydrogen-bond acceptors (Lipinski definition) is 3. The highest BCUT2D eigenvalue weighted by molar-refractivity contribution is 7.85. The van der Waals surface area contributed by atoms with Crippen LogP contribution in [0.3, 0.4) is 0 Å². The standard InChI is InChI=1S/C15H23NO2S/c1-3-9-18-14-7-5-12(6-8-14)15-11-19(17)10-13(4-2)16-15/h5-8,13,15-16H,3-4,9-11H2,1-2H3. The molecule has 1 N–H and O–H groups in total. The molecule has 0 radical (unpaired) electrons. The fourth-order valence-corrected chi connectivity index (χ4v) is 3.88. The molecular formula is C15H23NO2S. The maximum absolute atomic E-state index is 11.9. The fraction of sp³-hybridized carbons (Fsp3) is 0.600. The van der Waals surface area contributed by atoms with Gasteiger partial charge in [-0.15, -0.1) is 0 Å². The Morgan fingerprint density at radius 2 is 2.00 bits per heavy atom. The number of hydrogen-bond donors (Lipinski definition) is 1. The van der Waals surface area contributed by atoms with E-state index in [9.17, 15) is 4.21 Å². The van der Waals surface area contributed by atoms with Crippen LogP contribution in [0.2, 0.25) is 0 Å². The van der Waals surface area contributed by atoms with Crippen LogP contribution in [0.5, 0.6) is 5.75 Å². The van der Waals surface area contributed by atoms with Gasteiger partial charge in [-0.1, -0.05) is 26.0 Å². The van der Waals surface area contributed by atoms with Crippen molar-refractivity contribution >= 4 is 10.8 Å². The molecule has 106 valence electrons. The van der Waals surface area contributed by atoms with E-state index < -0.39 is 10.8 Å². The third kappa shape index (κ3) is 4.05. The Morgan fingerprint density at radius 3 is 2.63 bits per heavy atom. The van der Waals surface area contributed by atoms with Gasteiger partial charge in [0.05, 0.1) is 6.61 Å². The highest BCUT2D eigenvalue weighted by atomic mass is 32.2. The van der Waals surface area contributed by atoms with Crippen molar-refractivity contribution in [3.05, 3.63) is 29.8 Å². The maximum Gasteiger partial charge on any atom is 0.119 e. The summed E-state index contributed by atoms with van der Waals surface area (Å²) in [4.78, 5) is 0. The highest BCUT2D eigenvalue weighted by Gasteiger charge is 2.25. The van der Waals surface area contributed by atoms with Gasteiger partial charge in [-0.05, 0) is 30.5 Å². The summed E-state index contributed by atoms with van der Waals surface area (Å²) in [6, 6.07) is 8.75. The first-order valence-electron chi connectivity index (χ1n) is 7.06. The van der Waals surface area contributed by atoms with E-state index in [1.165, 1.54) is 5.56 Å². The number of benzene rings is 1. The second-order valence-corrected chi connectivity index (χ2v) is 6.56. The van der Waals surface area contributed by atoms with Gasteiger partial charge in [-0.2, -0.15) is 0 Å². The quantitative estimate of drug-likeness (QED) is 0.901. The molecule has 1 saturated heterocycles. The predicted octanol–water partition coefficient (Wildman–Crippen LogP) is 2.65. The van der Waals surface area contributed by atoms with Crippen LogP contribution in [0.1, 0.15) is 38.3 Å². The van der Waals surface area contributed by atoms with E-state index in [1.807, 2.05) is 12.1 Å². The van der Waals surface area contributed by atoms with E-state index in [4.69, 9.17) is 4.74 Å². The summed E-state index contributed by atoms with van der Waals surface area (Å²) in [5.74, 6) is 2.41. The number of ether oxygens (including phenoxy) is 1. The Balaban J connectivity index is 2.02. The van der Waals surface area contributed by atoms with Crippen molar-refractivity contribution in [2.24, 2.45) is 0 Å². The summed E-state index contributed by atoms with van der Waals surface area (Å²) >= 11 is 0. The molecule has 2 rings (SSSR count). The Morgan fingerprint density at radius 1 is 1.26 bits per heavy atom. The van der Waals surface area contributed by atoms with Crippen molar-refractivity contribution < 1.29 is 8.95 Å².